The van der Waals surface area contributed by atoms with E-state index in [0.29, 0.717) is 45.2 Å². The molecule has 4 aromatic rings. The second kappa shape index (κ2) is 12.6. The molecule has 10 nitrogen and oxygen atoms in total. The Morgan fingerprint density at radius 2 is 1.83 bits per heavy atom. The number of thiazole rings is 1. The van der Waals surface area contributed by atoms with Gasteiger partial charge < -0.3 is 15.0 Å². The van der Waals surface area contributed by atoms with E-state index in [1.807, 2.05) is 20.2 Å². The maximum atomic E-state index is 13.8. The van der Waals surface area contributed by atoms with Gasteiger partial charge in [-0.1, -0.05) is 49.2 Å². The molecule has 1 aliphatic rings. The summed E-state index contributed by atoms with van der Waals surface area (Å²) in [5.41, 5.74) is 1.97. The van der Waals surface area contributed by atoms with E-state index in [1.165, 1.54) is 15.6 Å². The number of nitrogens with zero attached hydrogens (tertiary/aromatic N) is 5. The highest BCUT2D eigenvalue weighted by Crippen LogP contribution is 2.37. The van der Waals surface area contributed by atoms with E-state index in [0.717, 1.165) is 31.2 Å². The third-order valence-corrected chi connectivity index (χ3v) is 10.4. The standard InChI is InChI=1S/C30H36N6O4S2/c1-5-36(25-11-8-18-31-27(25)35(2)3)42(38,39)22-14-12-21(13-15-22)23(19-20-9-6-7-10-20)28(37)34-30-32-24-16-17-26(40-4)33-29(24)41-30/h8,11-18,20,23H,5-7,9-10,19H2,1-4H3,(H,32,34,37). The molecule has 222 valence electrons. The highest BCUT2D eigenvalue weighted by Gasteiger charge is 2.30. The van der Waals surface area contributed by atoms with Crippen LogP contribution in [0.1, 0.15) is 50.5 Å². The van der Waals surface area contributed by atoms with Gasteiger partial charge in [-0.3, -0.25) is 9.10 Å². The summed E-state index contributed by atoms with van der Waals surface area (Å²) >= 11 is 1.30. The molecule has 1 N–H and O–H groups in total. The van der Waals surface area contributed by atoms with Gasteiger partial charge in [-0.05, 0) is 55.2 Å². The molecule has 1 fully saturated rings. The third kappa shape index (κ3) is 6.19. The number of hydrogen-bond donors (Lipinski definition) is 1. The molecule has 1 atom stereocenters. The summed E-state index contributed by atoms with van der Waals surface area (Å²) < 4.78 is 34.1. The molecule has 1 saturated carbocycles. The van der Waals surface area contributed by atoms with Crippen molar-refractivity contribution in [2.24, 2.45) is 5.92 Å². The van der Waals surface area contributed by atoms with E-state index in [4.69, 9.17) is 4.74 Å². The van der Waals surface area contributed by atoms with Crippen LogP contribution in [0.15, 0.2) is 59.6 Å². The molecular weight excluding hydrogens is 573 g/mol. The first-order valence-corrected chi connectivity index (χ1v) is 16.3. The van der Waals surface area contributed by atoms with Crippen LogP contribution in [-0.2, 0) is 14.8 Å². The molecule has 0 saturated heterocycles. The second-order valence-electron chi connectivity index (χ2n) is 10.6. The van der Waals surface area contributed by atoms with Crippen molar-refractivity contribution in [2.75, 3.05) is 42.3 Å². The zero-order chi connectivity index (χ0) is 29.9. The number of carbonyl (C=O) groups excluding carboxylic acids is 1. The van der Waals surface area contributed by atoms with Gasteiger partial charge >= 0.3 is 0 Å². The van der Waals surface area contributed by atoms with Gasteiger partial charge in [-0.25, -0.2) is 23.4 Å². The fourth-order valence-corrected chi connectivity index (χ4v) is 7.84. The number of fused-ring (bicyclic) bond motifs is 1. The van der Waals surface area contributed by atoms with Crippen LogP contribution in [-0.4, -0.2) is 57.0 Å². The number of carbonyl (C=O) groups is 1. The molecule has 1 unspecified atom stereocenters. The van der Waals surface area contributed by atoms with E-state index < -0.39 is 15.9 Å². The molecule has 1 aliphatic carbocycles. The van der Waals surface area contributed by atoms with Crippen molar-refractivity contribution in [3.63, 3.8) is 0 Å². The summed E-state index contributed by atoms with van der Waals surface area (Å²) in [5, 5.41) is 3.47. The number of amides is 1. The number of hydrogen-bond acceptors (Lipinski definition) is 9. The SMILES string of the molecule is CCN(c1cccnc1N(C)C)S(=O)(=O)c1ccc(C(CC2CCCC2)C(=O)Nc2nc3ccc(OC)nc3s2)cc1. The van der Waals surface area contributed by atoms with Gasteiger partial charge in [0.05, 0.1) is 23.6 Å². The maximum Gasteiger partial charge on any atom is 0.264 e. The number of sulfonamides is 1. The van der Waals surface area contributed by atoms with Crippen molar-refractivity contribution < 1.29 is 17.9 Å². The van der Waals surface area contributed by atoms with Crippen LogP contribution in [0.4, 0.5) is 16.6 Å². The van der Waals surface area contributed by atoms with Crippen molar-refractivity contribution in [1.82, 2.24) is 15.0 Å². The fraction of sp³-hybridized carbons (Fsp3) is 0.400. The number of benzene rings is 1. The van der Waals surface area contributed by atoms with Crippen LogP contribution in [0.25, 0.3) is 10.3 Å². The summed E-state index contributed by atoms with van der Waals surface area (Å²) in [6, 6.07) is 13.8. The smallest absolute Gasteiger partial charge is 0.264 e. The Morgan fingerprint density at radius 1 is 1.10 bits per heavy atom. The predicted octanol–water partition coefficient (Wildman–Crippen LogP) is 5.68. The molecular formula is C30H36N6O4S2. The number of ether oxygens (including phenoxy) is 1. The average molecular weight is 609 g/mol. The normalized spacial score (nSPS) is 14.6. The van der Waals surface area contributed by atoms with Crippen LogP contribution in [0.5, 0.6) is 5.88 Å². The molecule has 3 heterocycles. The van der Waals surface area contributed by atoms with Gasteiger partial charge in [0.15, 0.2) is 10.9 Å². The monoisotopic (exact) mass is 608 g/mol. The topological polar surface area (TPSA) is 118 Å². The van der Waals surface area contributed by atoms with Crippen LogP contribution in [0.2, 0.25) is 0 Å². The van der Waals surface area contributed by atoms with E-state index in [9.17, 15) is 13.2 Å². The van der Waals surface area contributed by atoms with Crippen LogP contribution in [0.3, 0.4) is 0 Å². The van der Waals surface area contributed by atoms with Crippen molar-refractivity contribution >= 4 is 54.3 Å². The van der Waals surface area contributed by atoms with Crippen molar-refractivity contribution in [2.45, 2.75) is 49.8 Å². The van der Waals surface area contributed by atoms with Crippen LogP contribution >= 0.6 is 11.3 Å². The molecule has 42 heavy (non-hydrogen) atoms. The highest BCUT2D eigenvalue weighted by molar-refractivity contribution is 7.92. The lowest BCUT2D eigenvalue weighted by atomic mass is 9.87. The Morgan fingerprint density at radius 3 is 2.50 bits per heavy atom. The first kappa shape index (κ1) is 29.7. The van der Waals surface area contributed by atoms with Crippen molar-refractivity contribution in [3.8, 4) is 5.88 Å². The summed E-state index contributed by atoms with van der Waals surface area (Å²) in [4.78, 5) is 29.7. The van der Waals surface area contributed by atoms with Gasteiger partial charge in [0.1, 0.15) is 10.3 Å². The average Bonchev–Trinajstić information content (AvgIpc) is 3.65. The van der Waals surface area contributed by atoms with Crippen molar-refractivity contribution in [3.05, 3.63) is 60.3 Å². The molecule has 0 bridgehead atoms. The number of rotatable bonds is 11. The van der Waals surface area contributed by atoms with Crippen LogP contribution in [0, 0.1) is 5.92 Å². The van der Waals surface area contributed by atoms with E-state index in [1.54, 1.807) is 67.6 Å². The Labute approximate surface area is 250 Å². The van der Waals surface area contributed by atoms with Gasteiger partial charge in [0.25, 0.3) is 10.0 Å². The molecule has 3 aromatic heterocycles. The number of methoxy groups -OCH3 is 1. The number of pyridine rings is 2. The summed E-state index contributed by atoms with van der Waals surface area (Å²) in [6.45, 7) is 2.04. The third-order valence-electron chi connectivity index (χ3n) is 7.65. The number of nitrogens with one attached hydrogen (secondary N) is 1. The number of aromatic nitrogens is 3. The van der Waals surface area contributed by atoms with Gasteiger partial charge in [-0.15, -0.1) is 0 Å². The summed E-state index contributed by atoms with van der Waals surface area (Å²) in [7, 11) is 1.35. The molecule has 0 aliphatic heterocycles. The first-order valence-electron chi connectivity index (χ1n) is 14.1. The Kier molecular flexibility index (Phi) is 8.93. The highest BCUT2D eigenvalue weighted by atomic mass is 32.2. The Bertz CT molecular complexity index is 1650. The zero-order valence-corrected chi connectivity index (χ0v) is 25.9. The summed E-state index contributed by atoms with van der Waals surface area (Å²) in [5.74, 6) is 0.888. The molecule has 12 heteroatoms. The fourth-order valence-electron chi connectivity index (χ4n) is 5.53. The van der Waals surface area contributed by atoms with E-state index in [2.05, 4.69) is 20.3 Å². The summed E-state index contributed by atoms with van der Waals surface area (Å²) in [6.07, 6.45) is 6.84. The minimum absolute atomic E-state index is 0.160. The first-order chi connectivity index (χ1) is 20.2. The van der Waals surface area contributed by atoms with Crippen LogP contribution < -0.4 is 19.3 Å². The molecule has 0 spiro atoms. The minimum atomic E-state index is -3.87. The second-order valence-corrected chi connectivity index (χ2v) is 13.4. The quantitative estimate of drug-likeness (QED) is 0.231. The maximum absolute atomic E-state index is 13.8. The van der Waals surface area contributed by atoms with E-state index >= 15 is 0 Å². The Balaban J connectivity index is 1.42. The van der Waals surface area contributed by atoms with Crippen molar-refractivity contribution in [1.29, 1.82) is 0 Å². The van der Waals surface area contributed by atoms with Gasteiger partial charge in [0, 0.05) is 32.9 Å². The Hall–Kier alpha value is -3.77. The molecule has 0 radical (unpaired) electrons. The number of anilines is 3. The molecule has 1 aromatic carbocycles. The van der Waals surface area contributed by atoms with Gasteiger partial charge in [-0.2, -0.15) is 0 Å². The molecule has 5 rings (SSSR count). The zero-order valence-electron chi connectivity index (χ0n) is 24.3. The molecule has 1 amide bonds. The largest absolute Gasteiger partial charge is 0.481 e. The van der Waals surface area contributed by atoms with E-state index in [-0.39, 0.29) is 17.3 Å². The van der Waals surface area contributed by atoms with Gasteiger partial charge in [0.2, 0.25) is 11.8 Å². The lowest BCUT2D eigenvalue weighted by Gasteiger charge is -2.27. The predicted molar refractivity (Wildman–Crippen MR) is 167 cm³/mol. The lowest BCUT2D eigenvalue weighted by molar-refractivity contribution is -0.118. The minimum Gasteiger partial charge on any atom is -0.481 e. The lowest BCUT2D eigenvalue weighted by Crippen LogP contribution is -2.32.